The molecule has 2 heterocycles. The van der Waals surface area contributed by atoms with E-state index in [0.29, 0.717) is 17.9 Å². The molecule has 22 heavy (non-hydrogen) atoms. The van der Waals surface area contributed by atoms with Crippen molar-refractivity contribution >= 4 is 0 Å². The van der Waals surface area contributed by atoms with E-state index in [4.69, 9.17) is 10.3 Å². The van der Waals surface area contributed by atoms with Gasteiger partial charge in [0.1, 0.15) is 0 Å². The summed E-state index contributed by atoms with van der Waals surface area (Å²) in [7, 11) is 0. The number of nitrogens with zero attached hydrogens (tertiary/aromatic N) is 3. The van der Waals surface area contributed by atoms with Crippen LogP contribution in [-0.4, -0.2) is 28.1 Å². The molecule has 1 fully saturated rings. The summed E-state index contributed by atoms with van der Waals surface area (Å²) in [4.78, 5) is 6.70. The number of nitrogens with two attached hydrogens (primary N) is 1. The van der Waals surface area contributed by atoms with Crippen molar-refractivity contribution in [3.05, 3.63) is 47.6 Å². The van der Waals surface area contributed by atoms with Crippen molar-refractivity contribution in [2.24, 2.45) is 11.1 Å². The summed E-state index contributed by atoms with van der Waals surface area (Å²) in [6.07, 6.45) is 3.58. The van der Waals surface area contributed by atoms with Gasteiger partial charge in [-0.25, -0.2) is 0 Å². The number of rotatable bonds is 6. The molecule has 1 atom stereocenters. The SMILES string of the molecule is CC1(CCc2ccccc2)CCN(Cc2noc(CN)n2)C1. The number of likely N-dealkylation sites (tertiary alicyclic amines) is 1. The molecule has 0 saturated carbocycles. The zero-order valence-corrected chi connectivity index (χ0v) is 13.2. The quantitative estimate of drug-likeness (QED) is 0.887. The second-order valence-corrected chi connectivity index (χ2v) is 6.57. The van der Waals surface area contributed by atoms with Gasteiger partial charge in [-0.2, -0.15) is 4.98 Å². The zero-order chi connectivity index (χ0) is 15.4. The van der Waals surface area contributed by atoms with Crippen molar-refractivity contribution in [1.29, 1.82) is 0 Å². The average Bonchev–Trinajstić information content (AvgIpc) is 3.14. The van der Waals surface area contributed by atoms with Crippen LogP contribution in [0.1, 0.15) is 37.0 Å². The Labute approximate surface area is 131 Å². The summed E-state index contributed by atoms with van der Waals surface area (Å²) < 4.78 is 5.07. The van der Waals surface area contributed by atoms with E-state index in [2.05, 4.69) is 52.3 Å². The summed E-state index contributed by atoms with van der Waals surface area (Å²) in [5.41, 5.74) is 7.29. The molecular formula is C17H24N4O. The van der Waals surface area contributed by atoms with Crippen LogP contribution in [0.25, 0.3) is 0 Å². The lowest BCUT2D eigenvalue weighted by atomic mass is 9.83. The molecule has 0 spiro atoms. The Bertz CT molecular complexity index is 598. The van der Waals surface area contributed by atoms with Gasteiger partial charge in [-0.3, -0.25) is 4.90 Å². The Morgan fingerprint density at radius 3 is 2.86 bits per heavy atom. The third-order valence-electron chi connectivity index (χ3n) is 4.55. The fraction of sp³-hybridized carbons (Fsp3) is 0.529. The number of aryl methyl sites for hydroxylation is 1. The van der Waals surface area contributed by atoms with E-state index in [1.165, 1.54) is 18.4 Å². The number of aromatic nitrogens is 2. The van der Waals surface area contributed by atoms with Crippen LogP contribution >= 0.6 is 0 Å². The number of benzene rings is 1. The predicted octanol–water partition coefficient (Wildman–Crippen LogP) is 2.37. The molecule has 0 radical (unpaired) electrons. The summed E-state index contributed by atoms with van der Waals surface area (Å²) in [5.74, 6) is 1.26. The molecule has 2 aromatic rings. The van der Waals surface area contributed by atoms with E-state index in [9.17, 15) is 0 Å². The fourth-order valence-corrected chi connectivity index (χ4v) is 3.19. The van der Waals surface area contributed by atoms with Gasteiger partial charge in [0.2, 0.25) is 5.89 Å². The molecule has 0 bridgehead atoms. The van der Waals surface area contributed by atoms with Gasteiger partial charge in [-0.05, 0) is 36.8 Å². The number of hydrogen-bond donors (Lipinski definition) is 1. The van der Waals surface area contributed by atoms with Crippen molar-refractivity contribution in [2.45, 2.75) is 39.3 Å². The molecule has 0 aliphatic carbocycles. The van der Waals surface area contributed by atoms with Crippen LogP contribution in [0.2, 0.25) is 0 Å². The minimum atomic E-state index is 0.307. The molecule has 1 aliphatic rings. The van der Waals surface area contributed by atoms with E-state index in [1.54, 1.807) is 0 Å². The van der Waals surface area contributed by atoms with E-state index in [0.717, 1.165) is 31.9 Å². The minimum absolute atomic E-state index is 0.307. The second-order valence-electron chi connectivity index (χ2n) is 6.57. The first-order valence-electron chi connectivity index (χ1n) is 7.95. The maximum Gasteiger partial charge on any atom is 0.240 e. The first kappa shape index (κ1) is 15.2. The van der Waals surface area contributed by atoms with Gasteiger partial charge in [0.15, 0.2) is 5.82 Å². The Morgan fingerprint density at radius 1 is 1.32 bits per heavy atom. The molecule has 1 aliphatic heterocycles. The molecule has 5 heteroatoms. The maximum atomic E-state index is 5.50. The Kier molecular flexibility index (Phi) is 4.55. The molecule has 2 N–H and O–H groups in total. The Balaban J connectivity index is 1.52. The lowest BCUT2D eigenvalue weighted by molar-refractivity contribution is 0.249. The molecular weight excluding hydrogens is 276 g/mol. The second kappa shape index (κ2) is 6.58. The molecule has 1 saturated heterocycles. The molecule has 1 aromatic carbocycles. The highest BCUT2D eigenvalue weighted by Gasteiger charge is 2.33. The van der Waals surface area contributed by atoms with Crippen LogP contribution in [0.4, 0.5) is 0 Å². The van der Waals surface area contributed by atoms with Crippen molar-refractivity contribution < 1.29 is 4.52 Å². The van der Waals surface area contributed by atoms with E-state index in [1.807, 2.05) is 0 Å². The third kappa shape index (κ3) is 3.72. The van der Waals surface area contributed by atoms with Gasteiger partial charge in [0.05, 0.1) is 13.1 Å². The van der Waals surface area contributed by atoms with Crippen LogP contribution in [0, 0.1) is 5.41 Å². The Morgan fingerprint density at radius 2 is 2.14 bits per heavy atom. The standard InChI is InChI=1S/C17H24N4O/c1-17(8-7-14-5-3-2-4-6-14)9-10-21(13-17)12-15-19-16(11-18)22-20-15/h2-6H,7-13,18H2,1H3. The van der Waals surface area contributed by atoms with Gasteiger partial charge in [-0.1, -0.05) is 42.4 Å². The highest BCUT2D eigenvalue weighted by Crippen LogP contribution is 2.35. The fourth-order valence-electron chi connectivity index (χ4n) is 3.19. The molecule has 5 nitrogen and oxygen atoms in total. The van der Waals surface area contributed by atoms with Gasteiger partial charge < -0.3 is 10.3 Å². The van der Waals surface area contributed by atoms with Crippen LogP contribution in [0.3, 0.4) is 0 Å². The normalized spacial score (nSPS) is 22.3. The van der Waals surface area contributed by atoms with E-state index in [-0.39, 0.29) is 0 Å². The van der Waals surface area contributed by atoms with Gasteiger partial charge in [-0.15, -0.1) is 0 Å². The van der Waals surface area contributed by atoms with Crippen molar-refractivity contribution in [1.82, 2.24) is 15.0 Å². The molecule has 0 amide bonds. The summed E-state index contributed by atoms with van der Waals surface area (Å²) in [6.45, 7) is 5.63. The first-order valence-corrected chi connectivity index (χ1v) is 7.95. The average molecular weight is 300 g/mol. The third-order valence-corrected chi connectivity index (χ3v) is 4.55. The van der Waals surface area contributed by atoms with Crippen molar-refractivity contribution in [3.8, 4) is 0 Å². The van der Waals surface area contributed by atoms with Gasteiger partial charge in [0.25, 0.3) is 0 Å². The maximum absolute atomic E-state index is 5.50. The van der Waals surface area contributed by atoms with Gasteiger partial charge >= 0.3 is 0 Å². The van der Waals surface area contributed by atoms with Crippen LogP contribution in [-0.2, 0) is 19.5 Å². The van der Waals surface area contributed by atoms with E-state index >= 15 is 0 Å². The van der Waals surface area contributed by atoms with Gasteiger partial charge in [0, 0.05) is 6.54 Å². The topological polar surface area (TPSA) is 68.2 Å². The largest absolute Gasteiger partial charge is 0.338 e. The smallest absolute Gasteiger partial charge is 0.240 e. The summed E-state index contributed by atoms with van der Waals surface area (Å²) in [5, 5.41) is 3.98. The number of hydrogen-bond acceptors (Lipinski definition) is 5. The van der Waals surface area contributed by atoms with Crippen LogP contribution in [0.15, 0.2) is 34.9 Å². The molecule has 3 rings (SSSR count). The lowest BCUT2D eigenvalue weighted by Gasteiger charge is -2.24. The highest BCUT2D eigenvalue weighted by atomic mass is 16.5. The first-order chi connectivity index (χ1) is 10.7. The predicted molar refractivity (Wildman–Crippen MR) is 85.0 cm³/mol. The Hall–Kier alpha value is -1.72. The van der Waals surface area contributed by atoms with Crippen molar-refractivity contribution in [2.75, 3.05) is 13.1 Å². The lowest BCUT2D eigenvalue weighted by Crippen LogP contribution is -2.25. The van der Waals surface area contributed by atoms with Crippen LogP contribution in [0.5, 0.6) is 0 Å². The highest BCUT2D eigenvalue weighted by molar-refractivity contribution is 5.15. The van der Waals surface area contributed by atoms with E-state index < -0.39 is 0 Å². The molecule has 1 unspecified atom stereocenters. The zero-order valence-electron chi connectivity index (χ0n) is 13.2. The minimum Gasteiger partial charge on any atom is -0.338 e. The van der Waals surface area contributed by atoms with Crippen molar-refractivity contribution in [3.63, 3.8) is 0 Å². The summed E-state index contributed by atoms with van der Waals surface area (Å²) >= 11 is 0. The summed E-state index contributed by atoms with van der Waals surface area (Å²) in [6, 6.07) is 10.7. The van der Waals surface area contributed by atoms with Crippen LogP contribution < -0.4 is 5.73 Å². The molecule has 118 valence electrons. The molecule has 1 aromatic heterocycles. The monoisotopic (exact) mass is 300 g/mol.